The van der Waals surface area contributed by atoms with Gasteiger partial charge in [-0.1, -0.05) is 11.8 Å². The molecular weight excluding hydrogens is 414 g/mol. The lowest BCUT2D eigenvalue weighted by Gasteiger charge is -2.09. The number of aromatic nitrogens is 4. The van der Waals surface area contributed by atoms with Crippen molar-refractivity contribution >= 4 is 34.5 Å². The number of fused-ring (bicyclic) bond motifs is 1. The van der Waals surface area contributed by atoms with Crippen LogP contribution in [0.2, 0.25) is 0 Å². The van der Waals surface area contributed by atoms with Crippen molar-refractivity contribution in [1.82, 2.24) is 25.1 Å². The minimum absolute atomic E-state index is 0.0482. The second-order valence-corrected chi connectivity index (χ2v) is 6.95. The molecule has 2 N–H and O–H groups in total. The number of carbonyl (C=O) groups is 1. The van der Waals surface area contributed by atoms with Crippen LogP contribution in [0.3, 0.4) is 0 Å². The van der Waals surface area contributed by atoms with Crippen LogP contribution in [0.1, 0.15) is 17.3 Å². The molecule has 2 heterocycles. The minimum Gasteiger partial charge on any atom is -0.380 e. The predicted octanol–water partition coefficient (Wildman–Crippen LogP) is 2.70. The molecule has 0 unspecified atom stereocenters. The van der Waals surface area contributed by atoms with E-state index in [0.29, 0.717) is 42.9 Å². The summed E-state index contributed by atoms with van der Waals surface area (Å²) in [5.74, 6) is -1.89. The first-order valence-electron chi connectivity index (χ1n) is 9.36. The summed E-state index contributed by atoms with van der Waals surface area (Å²) in [5, 5.41) is 11.6. The summed E-state index contributed by atoms with van der Waals surface area (Å²) in [4.78, 5) is 21.1. The molecule has 0 saturated heterocycles. The number of hydrogen-bond donors (Lipinski definition) is 2. The van der Waals surface area contributed by atoms with Crippen LogP contribution in [0.15, 0.2) is 29.6 Å². The summed E-state index contributed by atoms with van der Waals surface area (Å²) in [7, 11) is 0. The largest absolute Gasteiger partial charge is 0.380 e. The predicted molar refractivity (Wildman–Crippen MR) is 111 cm³/mol. The fraction of sp³-hybridized carbons (Fsp3) is 0.368. The van der Waals surface area contributed by atoms with Gasteiger partial charge >= 0.3 is 0 Å². The number of thioether (sulfide) groups is 1. The van der Waals surface area contributed by atoms with Gasteiger partial charge in [-0.25, -0.2) is 23.4 Å². The third kappa shape index (κ3) is 5.22. The Labute approximate surface area is 176 Å². The molecule has 160 valence electrons. The normalized spacial score (nSPS) is 11.1. The van der Waals surface area contributed by atoms with Gasteiger partial charge in [0.15, 0.2) is 22.4 Å². The van der Waals surface area contributed by atoms with Gasteiger partial charge in [-0.05, 0) is 31.4 Å². The van der Waals surface area contributed by atoms with Crippen molar-refractivity contribution in [1.29, 1.82) is 0 Å². The van der Waals surface area contributed by atoms with E-state index in [9.17, 15) is 13.6 Å². The van der Waals surface area contributed by atoms with Crippen molar-refractivity contribution in [3.05, 3.63) is 41.6 Å². The van der Waals surface area contributed by atoms with E-state index in [-0.39, 0.29) is 12.1 Å². The number of nitrogens with one attached hydrogen (secondary N) is 2. The molecule has 0 aliphatic carbocycles. The second kappa shape index (κ2) is 10.3. The third-order valence-corrected chi connectivity index (χ3v) is 4.74. The quantitative estimate of drug-likeness (QED) is 0.287. The van der Waals surface area contributed by atoms with Crippen molar-refractivity contribution in [3.63, 3.8) is 0 Å². The van der Waals surface area contributed by atoms with Crippen molar-refractivity contribution < 1.29 is 18.3 Å². The van der Waals surface area contributed by atoms with E-state index in [0.717, 1.165) is 17.5 Å². The van der Waals surface area contributed by atoms with Crippen LogP contribution in [-0.2, 0) is 11.3 Å². The van der Waals surface area contributed by atoms with E-state index in [4.69, 9.17) is 4.74 Å². The average molecular weight is 436 g/mol. The maximum Gasteiger partial charge on any atom is 0.251 e. The number of halogens is 2. The first-order chi connectivity index (χ1) is 14.5. The Hall–Kier alpha value is -2.79. The third-order valence-electron chi connectivity index (χ3n) is 4.19. The van der Waals surface area contributed by atoms with Crippen LogP contribution in [0.4, 0.5) is 14.6 Å². The van der Waals surface area contributed by atoms with Crippen molar-refractivity contribution in [2.45, 2.75) is 18.6 Å². The lowest BCUT2D eigenvalue weighted by molar-refractivity contribution is 0.0951. The van der Waals surface area contributed by atoms with Crippen molar-refractivity contribution in [3.8, 4) is 0 Å². The zero-order valence-corrected chi connectivity index (χ0v) is 17.4. The Morgan fingerprint density at radius 3 is 2.80 bits per heavy atom. The molecule has 0 saturated carbocycles. The van der Waals surface area contributed by atoms with Crippen LogP contribution >= 0.6 is 11.8 Å². The van der Waals surface area contributed by atoms with Gasteiger partial charge in [0.05, 0.1) is 24.7 Å². The van der Waals surface area contributed by atoms with Crippen LogP contribution in [-0.4, -0.2) is 58.2 Å². The minimum atomic E-state index is -1.06. The lowest BCUT2D eigenvalue weighted by Crippen LogP contribution is -2.27. The molecule has 3 aromatic rings. The summed E-state index contributed by atoms with van der Waals surface area (Å²) >= 11 is 1.41. The summed E-state index contributed by atoms with van der Waals surface area (Å²) < 4.78 is 33.3. The molecule has 1 aromatic carbocycles. The topological polar surface area (TPSA) is 94.0 Å². The molecule has 0 bridgehead atoms. The first-order valence-corrected chi connectivity index (χ1v) is 10.6. The van der Waals surface area contributed by atoms with Crippen LogP contribution < -0.4 is 10.6 Å². The molecule has 1 amide bonds. The molecule has 0 spiro atoms. The van der Waals surface area contributed by atoms with Gasteiger partial charge in [0, 0.05) is 25.3 Å². The number of amides is 1. The zero-order valence-electron chi connectivity index (χ0n) is 16.6. The van der Waals surface area contributed by atoms with E-state index < -0.39 is 17.5 Å². The van der Waals surface area contributed by atoms with E-state index >= 15 is 0 Å². The summed E-state index contributed by atoms with van der Waals surface area (Å²) in [6.07, 6.45) is 3.55. The summed E-state index contributed by atoms with van der Waals surface area (Å²) in [5.41, 5.74) is 0.683. The molecule has 2 aromatic heterocycles. The zero-order chi connectivity index (χ0) is 21.5. The van der Waals surface area contributed by atoms with E-state index in [1.807, 2.05) is 13.2 Å². The van der Waals surface area contributed by atoms with Gasteiger partial charge in [-0.3, -0.25) is 4.79 Å². The van der Waals surface area contributed by atoms with Gasteiger partial charge in [-0.2, -0.15) is 5.10 Å². The van der Waals surface area contributed by atoms with E-state index in [2.05, 4.69) is 25.7 Å². The van der Waals surface area contributed by atoms with Crippen LogP contribution in [0.25, 0.3) is 11.0 Å². The maximum absolute atomic E-state index is 13.3. The molecule has 0 atom stereocenters. The highest BCUT2D eigenvalue weighted by Crippen LogP contribution is 2.23. The van der Waals surface area contributed by atoms with Gasteiger partial charge in [-0.15, -0.1) is 0 Å². The highest BCUT2D eigenvalue weighted by Gasteiger charge is 2.14. The Balaban J connectivity index is 1.68. The van der Waals surface area contributed by atoms with E-state index in [1.165, 1.54) is 17.8 Å². The van der Waals surface area contributed by atoms with Gasteiger partial charge in [0.2, 0.25) is 0 Å². The van der Waals surface area contributed by atoms with Gasteiger partial charge in [0.25, 0.3) is 5.91 Å². The second-order valence-electron chi connectivity index (χ2n) is 6.17. The van der Waals surface area contributed by atoms with Crippen LogP contribution in [0.5, 0.6) is 0 Å². The smallest absolute Gasteiger partial charge is 0.251 e. The maximum atomic E-state index is 13.3. The monoisotopic (exact) mass is 436 g/mol. The number of rotatable bonds is 10. The number of ether oxygens (including phenoxy) is 1. The molecular formula is C19H22F2N6O2S. The Morgan fingerprint density at radius 1 is 1.23 bits per heavy atom. The fourth-order valence-electron chi connectivity index (χ4n) is 2.73. The number of nitrogens with zero attached hydrogens (tertiary/aromatic N) is 4. The lowest BCUT2D eigenvalue weighted by atomic mass is 10.2. The first kappa shape index (κ1) is 21.9. The van der Waals surface area contributed by atoms with Crippen molar-refractivity contribution in [2.24, 2.45) is 0 Å². The van der Waals surface area contributed by atoms with Gasteiger partial charge in [0.1, 0.15) is 5.82 Å². The summed E-state index contributed by atoms with van der Waals surface area (Å²) in [6, 6.07) is 3.02. The summed E-state index contributed by atoms with van der Waals surface area (Å²) in [6.45, 7) is 4.32. The standard InChI is InChI=1S/C19H22F2N6O2S/c1-3-29-9-7-22-16-13-11-24-27(17(13)26-19(25-16)30-2)8-6-23-18(28)12-4-5-14(20)15(21)10-12/h4-5,10-11H,3,6-9H2,1-2H3,(H,23,28)(H,22,25,26). The SMILES string of the molecule is CCOCCNc1nc(SC)nc2c1cnn2CCNC(=O)c1ccc(F)c(F)c1. The molecule has 30 heavy (non-hydrogen) atoms. The Morgan fingerprint density at radius 2 is 2.07 bits per heavy atom. The van der Waals surface area contributed by atoms with Crippen molar-refractivity contribution in [2.75, 3.05) is 37.9 Å². The highest BCUT2D eigenvalue weighted by atomic mass is 32.2. The molecule has 3 rings (SSSR count). The molecule has 0 radical (unpaired) electrons. The van der Waals surface area contributed by atoms with Crippen LogP contribution in [0, 0.1) is 11.6 Å². The Kier molecular flexibility index (Phi) is 7.52. The van der Waals surface area contributed by atoms with E-state index in [1.54, 1.807) is 10.9 Å². The number of hydrogen-bond acceptors (Lipinski definition) is 7. The average Bonchev–Trinajstić information content (AvgIpc) is 3.16. The Bertz CT molecular complexity index is 1030. The molecule has 0 fully saturated rings. The fourth-order valence-corrected chi connectivity index (χ4v) is 3.09. The molecule has 0 aliphatic heterocycles. The molecule has 8 nitrogen and oxygen atoms in total. The number of anilines is 1. The molecule has 11 heteroatoms. The highest BCUT2D eigenvalue weighted by molar-refractivity contribution is 7.98. The number of carbonyl (C=O) groups excluding carboxylic acids is 1. The number of benzene rings is 1. The van der Waals surface area contributed by atoms with Gasteiger partial charge < -0.3 is 15.4 Å². The molecule has 0 aliphatic rings.